The molecule has 0 aliphatic rings. The van der Waals surface area contributed by atoms with Gasteiger partial charge in [0.1, 0.15) is 5.75 Å². The number of hydrogen-bond donors (Lipinski definition) is 1. The Morgan fingerprint density at radius 2 is 1.92 bits per heavy atom. The van der Waals surface area contributed by atoms with Crippen LogP contribution in [0.15, 0.2) is 53.3 Å². The van der Waals surface area contributed by atoms with Crippen molar-refractivity contribution in [2.75, 3.05) is 13.7 Å². The van der Waals surface area contributed by atoms with Crippen molar-refractivity contribution >= 4 is 16.8 Å². The Morgan fingerprint density at radius 1 is 1.15 bits per heavy atom. The number of methoxy groups -OCH3 is 1. The van der Waals surface area contributed by atoms with Gasteiger partial charge in [0.25, 0.3) is 11.5 Å². The van der Waals surface area contributed by atoms with Crippen LogP contribution in [0.1, 0.15) is 28.4 Å². The van der Waals surface area contributed by atoms with E-state index in [9.17, 15) is 9.59 Å². The second kappa shape index (κ2) is 7.44. The van der Waals surface area contributed by atoms with Crippen LogP contribution in [0.2, 0.25) is 0 Å². The lowest BCUT2D eigenvalue weighted by Crippen LogP contribution is -2.32. The first-order chi connectivity index (χ1) is 12.5. The van der Waals surface area contributed by atoms with Crippen molar-refractivity contribution in [3.63, 3.8) is 0 Å². The van der Waals surface area contributed by atoms with Gasteiger partial charge < -0.3 is 14.6 Å². The van der Waals surface area contributed by atoms with Crippen LogP contribution in [-0.4, -0.2) is 29.4 Å². The van der Waals surface area contributed by atoms with E-state index in [-0.39, 0.29) is 18.0 Å². The molecule has 0 bridgehead atoms. The highest BCUT2D eigenvalue weighted by molar-refractivity contribution is 5.97. The number of aromatic nitrogens is 1. The van der Waals surface area contributed by atoms with E-state index < -0.39 is 0 Å². The molecule has 0 radical (unpaired) electrons. The Hall–Kier alpha value is -3.08. The molecule has 26 heavy (non-hydrogen) atoms. The summed E-state index contributed by atoms with van der Waals surface area (Å²) < 4.78 is 5.29. The van der Waals surface area contributed by atoms with E-state index in [0.29, 0.717) is 23.4 Å². The highest BCUT2D eigenvalue weighted by Gasteiger charge is 2.19. The van der Waals surface area contributed by atoms with Crippen LogP contribution in [0.3, 0.4) is 0 Å². The van der Waals surface area contributed by atoms with Crippen LogP contribution in [0.5, 0.6) is 5.75 Å². The van der Waals surface area contributed by atoms with Crippen molar-refractivity contribution in [1.29, 1.82) is 0 Å². The summed E-state index contributed by atoms with van der Waals surface area (Å²) in [4.78, 5) is 29.9. The number of amides is 1. The SMILES string of the molecule is CCN(Cc1cc2cc(C)ccc2[nH]c1=O)C(=O)c1ccccc1OC. The monoisotopic (exact) mass is 350 g/mol. The molecule has 0 atom stereocenters. The van der Waals surface area contributed by atoms with Gasteiger partial charge >= 0.3 is 0 Å². The maximum Gasteiger partial charge on any atom is 0.257 e. The van der Waals surface area contributed by atoms with Gasteiger partial charge in [-0.25, -0.2) is 0 Å². The highest BCUT2D eigenvalue weighted by atomic mass is 16.5. The standard InChI is InChI=1S/C21H22N2O3/c1-4-23(21(25)17-7-5-6-8-19(17)26-3)13-16-12-15-11-14(2)9-10-18(15)22-20(16)24/h5-12H,4,13H2,1-3H3,(H,22,24). The third-order valence-corrected chi connectivity index (χ3v) is 4.44. The van der Waals surface area contributed by atoms with E-state index in [2.05, 4.69) is 4.98 Å². The number of carbonyl (C=O) groups excluding carboxylic acids is 1. The van der Waals surface area contributed by atoms with Gasteiger partial charge in [0, 0.05) is 17.6 Å². The summed E-state index contributed by atoms with van der Waals surface area (Å²) in [6.07, 6.45) is 0. The number of nitrogens with one attached hydrogen (secondary N) is 1. The first kappa shape index (κ1) is 17.7. The summed E-state index contributed by atoms with van der Waals surface area (Å²) in [7, 11) is 1.54. The summed E-state index contributed by atoms with van der Waals surface area (Å²) in [6.45, 7) is 4.63. The second-order valence-electron chi connectivity index (χ2n) is 6.23. The molecule has 0 fully saturated rings. The Kier molecular flexibility index (Phi) is 5.07. The molecule has 0 saturated heterocycles. The number of carbonyl (C=O) groups is 1. The predicted molar refractivity (Wildman–Crippen MR) is 103 cm³/mol. The van der Waals surface area contributed by atoms with Gasteiger partial charge in [-0.3, -0.25) is 9.59 Å². The Bertz CT molecular complexity index is 1010. The number of H-pyrrole nitrogens is 1. The quantitative estimate of drug-likeness (QED) is 0.766. The average molecular weight is 350 g/mol. The number of aromatic amines is 1. The normalized spacial score (nSPS) is 10.7. The summed E-state index contributed by atoms with van der Waals surface area (Å²) in [5.74, 6) is 0.368. The number of fused-ring (bicyclic) bond motifs is 1. The molecule has 5 heteroatoms. The summed E-state index contributed by atoms with van der Waals surface area (Å²) >= 11 is 0. The molecule has 1 heterocycles. The average Bonchev–Trinajstić information content (AvgIpc) is 2.66. The zero-order valence-corrected chi connectivity index (χ0v) is 15.2. The summed E-state index contributed by atoms with van der Waals surface area (Å²) in [5, 5.41) is 0.959. The molecule has 1 aromatic heterocycles. The molecule has 3 aromatic rings. The number of aryl methyl sites for hydroxylation is 1. The van der Waals surface area contributed by atoms with Gasteiger partial charge in [-0.05, 0) is 49.6 Å². The molecule has 1 amide bonds. The fourth-order valence-corrected chi connectivity index (χ4v) is 3.01. The minimum atomic E-state index is -0.173. The van der Waals surface area contributed by atoms with Crippen molar-refractivity contribution in [1.82, 2.24) is 9.88 Å². The molecular formula is C21H22N2O3. The fraction of sp³-hybridized carbons (Fsp3) is 0.238. The first-order valence-electron chi connectivity index (χ1n) is 8.58. The zero-order valence-electron chi connectivity index (χ0n) is 15.2. The smallest absolute Gasteiger partial charge is 0.257 e. The van der Waals surface area contributed by atoms with Gasteiger partial charge in [0.05, 0.1) is 19.2 Å². The number of hydrogen-bond acceptors (Lipinski definition) is 3. The number of ether oxygens (including phenoxy) is 1. The topological polar surface area (TPSA) is 62.4 Å². The minimum Gasteiger partial charge on any atom is -0.496 e. The van der Waals surface area contributed by atoms with Crippen LogP contribution in [0.25, 0.3) is 10.9 Å². The number of benzene rings is 2. The second-order valence-corrected chi connectivity index (χ2v) is 6.23. The lowest BCUT2D eigenvalue weighted by atomic mass is 10.1. The van der Waals surface area contributed by atoms with Gasteiger partial charge in [0.2, 0.25) is 0 Å². The van der Waals surface area contributed by atoms with E-state index >= 15 is 0 Å². The van der Waals surface area contributed by atoms with Crippen molar-refractivity contribution in [3.8, 4) is 5.75 Å². The maximum absolute atomic E-state index is 12.9. The highest BCUT2D eigenvalue weighted by Crippen LogP contribution is 2.20. The van der Waals surface area contributed by atoms with Crippen LogP contribution < -0.4 is 10.3 Å². The Morgan fingerprint density at radius 3 is 2.65 bits per heavy atom. The Balaban J connectivity index is 1.95. The maximum atomic E-state index is 12.9. The van der Waals surface area contributed by atoms with E-state index in [4.69, 9.17) is 4.74 Å². The van der Waals surface area contributed by atoms with Gasteiger partial charge in [0.15, 0.2) is 0 Å². The Labute approximate surface area is 152 Å². The van der Waals surface area contributed by atoms with E-state index in [0.717, 1.165) is 16.5 Å². The molecule has 0 aliphatic carbocycles. The molecule has 0 unspecified atom stereocenters. The van der Waals surface area contributed by atoms with Crippen molar-refractivity contribution in [2.45, 2.75) is 20.4 Å². The first-order valence-corrected chi connectivity index (χ1v) is 8.58. The molecule has 3 rings (SSSR count). The van der Waals surface area contributed by atoms with E-state index in [1.54, 1.807) is 30.2 Å². The van der Waals surface area contributed by atoms with Crippen molar-refractivity contribution in [2.24, 2.45) is 0 Å². The molecule has 134 valence electrons. The molecule has 0 spiro atoms. The number of pyridine rings is 1. The van der Waals surface area contributed by atoms with Crippen molar-refractivity contribution < 1.29 is 9.53 Å². The third kappa shape index (κ3) is 3.47. The molecule has 2 aromatic carbocycles. The number of para-hydroxylation sites is 1. The van der Waals surface area contributed by atoms with Gasteiger partial charge in [-0.1, -0.05) is 23.8 Å². The van der Waals surface area contributed by atoms with E-state index in [1.165, 1.54) is 0 Å². The molecular weight excluding hydrogens is 328 g/mol. The van der Waals surface area contributed by atoms with Crippen LogP contribution in [0, 0.1) is 6.92 Å². The summed E-state index contributed by atoms with van der Waals surface area (Å²) in [5.41, 5.74) is 2.79. The van der Waals surface area contributed by atoms with Gasteiger partial charge in [-0.15, -0.1) is 0 Å². The lowest BCUT2D eigenvalue weighted by Gasteiger charge is -2.22. The third-order valence-electron chi connectivity index (χ3n) is 4.44. The van der Waals surface area contributed by atoms with Gasteiger partial charge in [-0.2, -0.15) is 0 Å². The van der Waals surface area contributed by atoms with Crippen LogP contribution >= 0.6 is 0 Å². The molecule has 0 aliphatic heterocycles. The lowest BCUT2D eigenvalue weighted by molar-refractivity contribution is 0.0748. The predicted octanol–water partition coefficient (Wildman–Crippen LogP) is 3.51. The molecule has 0 saturated carbocycles. The largest absolute Gasteiger partial charge is 0.496 e. The van der Waals surface area contributed by atoms with Crippen molar-refractivity contribution in [3.05, 3.63) is 75.6 Å². The van der Waals surface area contributed by atoms with Crippen LogP contribution in [-0.2, 0) is 6.54 Å². The van der Waals surface area contributed by atoms with E-state index in [1.807, 2.05) is 44.2 Å². The fourth-order valence-electron chi connectivity index (χ4n) is 3.01. The molecule has 1 N–H and O–H groups in total. The summed E-state index contributed by atoms with van der Waals surface area (Å²) in [6, 6.07) is 14.9. The molecule has 5 nitrogen and oxygen atoms in total. The minimum absolute atomic E-state index is 0.159. The van der Waals surface area contributed by atoms with Crippen LogP contribution in [0.4, 0.5) is 0 Å². The number of nitrogens with zero attached hydrogens (tertiary/aromatic N) is 1. The number of rotatable bonds is 5. The zero-order chi connectivity index (χ0) is 18.7.